The third-order valence-corrected chi connectivity index (χ3v) is 6.99. The standard InChI is InChI=1S/C26H29ClN6O4S/c1-32(13-19(34)15-38-26-29-8-7-22(28)31-26)14-20-10-21-24(36)17(12-33(2)25(21)37-20)9-23(35)30-11-16-3-5-18(27)6-4-16/h3-8,10,12,19,34H,9,11,13-15H2,1-2H3,(H,30,35)(H2,28,29,31). The monoisotopic (exact) mass is 556 g/mol. The number of pyridine rings is 1. The van der Waals surface area contributed by atoms with Gasteiger partial charge in [-0.1, -0.05) is 35.5 Å². The van der Waals surface area contributed by atoms with E-state index in [2.05, 4.69) is 15.3 Å². The third kappa shape index (κ3) is 7.35. The van der Waals surface area contributed by atoms with E-state index in [1.165, 1.54) is 11.8 Å². The first-order chi connectivity index (χ1) is 18.2. The Bertz CT molecular complexity index is 1470. The Morgan fingerprint density at radius 2 is 2.08 bits per heavy atom. The minimum absolute atomic E-state index is 0.0444. The lowest BCUT2D eigenvalue weighted by molar-refractivity contribution is -0.120. The van der Waals surface area contributed by atoms with Crippen LogP contribution in [-0.4, -0.2) is 55.9 Å². The van der Waals surface area contributed by atoms with Crippen molar-refractivity contribution in [3.63, 3.8) is 0 Å². The molecular formula is C26H29ClN6O4S. The van der Waals surface area contributed by atoms with Gasteiger partial charge < -0.3 is 25.1 Å². The number of carbonyl (C=O) groups is 1. The molecule has 0 aliphatic heterocycles. The number of nitrogens with one attached hydrogen (secondary N) is 1. The molecule has 0 fully saturated rings. The summed E-state index contributed by atoms with van der Waals surface area (Å²) in [6, 6.07) is 10.5. The van der Waals surface area contributed by atoms with Crippen LogP contribution < -0.4 is 16.5 Å². The molecule has 0 aliphatic carbocycles. The van der Waals surface area contributed by atoms with Crippen LogP contribution in [0.1, 0.15) is 16.9 Å². The van der Waals surface area contributed by atoms with Crippen molar-refractivity contribution >= 4 is 46.2 Å². The minimum atomic E-state index is -0.636. The second kappa shape index (κ2) is 12.4. The van der Waals surface area contributed by atoms with Crippen molar-refractivity contribution in [1.82, 2.24) is 24.8 Å². The molecule has 0 saturated carbocycles. The first-order valence-corrected chi connectivity index (χ1v) is 13.2. The van der Waals surface area contributed by atoms with Gasteiger partial charge in [-0.25, -0.2) is 9.97 Å². The average Bonchev–Trinajstić information content (AvgIpc) is 3.30. The fourth-order valence-electron chi connectivity index (χ4n) is 3.96. The second-order valence-electron chi connectivity index (χ2n) is 9.03. The van der Waals surface area contributed by atoms with Gasteiger partial charge in [0.25, 0.3) is 0 Å². The molecule has 1 amide bonds. The number of aliphatic hydroxyl groups is 1. The van der Waals surface area contributed by atoms with E-state index in [1.807, 2.05) is 24.1 Å². The number of amides is 1. The van der Waals surface area contributed by atoms with Gasteiger partial charge in [0.05, 0.1) is 24.5 Å². The van der Waals surface area contributed by atoms with Crippen LogP contribution in [0.4, 0.5) is 5.82 Å². The molecule has 1 aromatic carbocycles. The highest BCUT2D eigenvalue weighted by Gasteiger charge is 2.17. The van der Waals surface area contributed by atoms with Crippen LogP contribution >= 0.6 is 23.4 Å². The number of nitrogens with zero attached hydrogens (tertiary/aromatic N) is 4. The predicted molar refractivity (Wildman–Crippen MR) is 148 cm³/mol. The summed E-state index contributed by atoms with van der Waals surface area (Å²) < 4.78 is 7.65. The van der Waals surface area contributed by atoms with Crippen molar-refractivity contribution in [2.75, 3.05) is 25.1 Å². The van der Waals surface area contributed by atoms with Crippen LogP contribution in [0.25, 0.3) is 11.1 Å². The zero-order chi connectivity index (χ0) is 27.2. The van der Waals surface area contributed by atoms with Gasteiger partial charge in [-0.15, -0.1) is 0 Å². The minimum Gasteiger partial charge on any atom is -0.443 e. The van der Waals surface area contributed by atoms with Gasteiger partial charge in [0, 0.05) is 48.9 Å². The number of nitrogen functional groups attached to an aromatic ring is 1. The molecule has 4 aromatic rings. The topological polar surface area (TPSA) is 140 Å². The molecule has 0 aliphatic rings. The molecule has 4 N–H and O–H groups in total. The molecule has 3 aromatic heterocycles. The summed E-state index contributed by atoms with van der Waals surface area (Å²) >= 11 is 7.22. The highest BCUT2D eigenvalue weighted by Crippen LogP contribution is 2.19. The second-order valence-corrected chi connectivity index (χ2v) is 10.5. The van der Waals surface area contributed by atoms with Crippen molar-refractivity contribution in [2.24, 2.45) is 7.05 Å². The summed E-state index contributed by atoms with van der Waals surface area (Å²) in [5.41, 5.74) is 7.15. The number of benzene rings is 1. The maximum Gasteiger partial charge on any atom is 0.224 e. The summed E-state index contributed by atoms with van der Waals surface area (Å²) in [5.74, 6) is 1.11. The number of aromatic nitrogens is 3. The molecule has 1 unspecified atom stereocenters. The quantitative estimate of drug-likeness (QED) is 0.188. The van der Waals surface area contributed by atoms with E-state index in [1.54, 1.807) is 48.3 Å². The summed E-state index contributed by atoms with van der Waals surface area (Å²) in [7, 11) is 3.62. The number of likely N-dealkylation sites (N-methyl/N-ethyl adjacent to an activating group) is 1. The Hall–Kier alpha value is -3.38. The van der Waals surface area contributed by atoms with E-state index >= 15 is 0 Å². The number of halogens is 1. The van der Waals surface area contributed by atoms with Crippen LogP contribution in [-0.2, 0) is 31.4 Å². The SMILES string of the molecule is CN(Cc1cc2c(=O)c(CC(=O)NCc3ccc(Cl)cc3)cn(C)c2o1)CC(O)CSc1nccc(N)n1. The average molecular weight is 557 g/mol. The first kappa shape index (κ1) is 27.6. The summed E-state index contributed by atoms with van der Waals surface area (Å²) in [5, 5.41) is 14.8. The zero-order valence-electron chi connectivity index (χ0n) is 21.1. The zero-order valence-corrected chi connectivity index (χ0v) is 22.6. The Labute approximate surface area is 228 Å². The highest BCUT2D eigenvalue weighted by atomic mass is 35.5. The van der Waals surface area contributed by atoms with Crippen molar-refractivity contribution in [3.05, 3.63) is 80.9 Å². The maximum absolute atomic E-state index is 13.1. The lowest BCUT2D eigenvalue weighted by atomic mass is 10.1. The molecule has 0 saturated heterocycles. The molecule has 12 heteroatoms. The lowest BCUT2D eigenvalue weighted by Crippen LogP contribution is -2.30. The number of carbonyl (C=O) groups excluding carboxylic acids is 1. The maximum atomic E-state index is 13.1. The van der Waals surface area contributed by atoms with E-state index in [-0.39, 0.29) is 17.8 Å². The molecule has 3 heterocycles. The Morgan fingerprint density at radius 3 is 2.82 bits per heavy atom. The fourth-order valence-corrected chi connectivity index (χ4v) is 4.84. The number of aryl methyl sites for hydroxylation is 1. The van der Waals surface area contributed by atoms with Crippen LogP contribution in [0.5, 0.6) is 0 Å². The fraction of sp³-hybridized carbons (Fsp3) is 0.308. The van der Waals surface area contributed by atoms with Gasteiger partial charge in [-0.2, -0.15) is 0 Å². The summed E-state index contributed by atoms with van der Waals surface area (Å²) in [4.78, 5) is 35.8. The first-order valence-electron chi connectivity index (χ1n) is 11.9. The van der Waals surface area contributed by atoms with E-state index < -0.39 is 6.10 Å². The molecule has 0 spiro atoms. The highest BCUT2D eigenvalue weighted by molar-refractivity contribution is 7.99. The van der Waals surface area contributed by atoms with E-state index in [9.17, 15) is 14.7 Å². The van der Waals surface area contributed by atoms with Crippen molar-refractivity contribution < 1.29 is 14.3 Å². The Kier molecular flexibility index (Phi) is 9.05. The number of hydrogen-bond acceptors (Lipinski definition) is 9. The van der Waals surface area contributed by atoms with Crippen LogP contribution in [0.2, 0.25) is 5.02 Å². The number of rotatable bonds is 11. The molecule has 10 nitrogen and oxygen atoms in total. The molecule has 4 rings (SSSR count). The number of anilines is 1. The van der Waals surface area contributed by atoms with E-state index in [0.29, 0.717) is 63.8 Å². The van der Waals surface area contributed by atoms with Gasteiger partial charge in [0.15, 0.2) is 10.6 Å². The van der Waals surface area contributed by atoms with Crippen molar-refractivity contribution in [3.8, 4) is 0 Å². The molecule has 1 atom stereocenters. The van der Waals surface area contributed by atoms with E-state index in [0.717, 1.165) is 5.56 Å². The Balaban J connectivity index is 1.35. The van der Waals surface area contributed by atoms with Gasteiger partial charge in [0.1, 0.15) is 11.6 Å². The number of hydrogen-bond donors (Lipinski definition) is 3. The largest absolute Gasteiger partial charge is 0.443 e. The van der Waals surface area contributed by atoms with E-state index in [4.69, 9.17) is 21.8 Å². The third-order valence-electron chi connectivity index (χ3n) is 5.73. The summed E-state index contributed by atoms with van der Waals surface area (Å²) in [6.45, 7) is 1.11. The van der Waals surface area contributed by atoms with Crippen molar-refractivity contribution in [1.29, 1.82) is 0 Å². The number of furan rings is 1. The summed E-state index contributed by atoms with van der Waals surface area (Å²) in [6.07, 6.45) is 2.53. The number of thioether (sulfide) groups is 1. The van der Waals surface area contributed by atoms with Gasteiger partial charge in [0.2, 0.25) is 11.6 Å². The number of aliphatic hydroxyl groups excluding tert-OH is 1. The molecule has 0 bridgehead atoms. The number of nitrogens with two attached hydrogens (primary N) is 1. The molecule has 200 valence electrons. The molecule has 38 heavy (non-hydrogen) atoms. The molecule has 0 radical (unpaired) electrons. The van der Waals surface area contributed by atoms with Crippen molar-refractivity contribution in [2.45, 2.75) is 30.8 Å². The van der Waals surface area contributed by atoms with Gasteiger partial charge >= 0.3 is 0 Å². The van der Waals surface area contributed by atoms with Gasteiger partial charge in [-0.05, 0) is 36.9 Å². The lowest BCUT2D eigenvalue weighted by Gasteiger charge is -2.19. The van der Waals surface area contributed by atoms with Crippen LogP contribution in [0.3, 0.4) is 0 Å². The normalized spacial score (nSPS) is 12.2. The van der Waals surface area contributed by atoms with Crippen LogP contribution in [0, 0.1) is 0 Å². The predicted octanol–water partition coefficient (Wildman–Crippen LogP) is 2.60. The van der Waals surface area contributed by atoms with Crippen LogP contribution in [0.15, 0.2) is 63.2 Å². The molecular weight excluding hydrogens is 528 g/mol. The van der Waals surface area contributed by atoms with Gasteiger partial charge in [-0.3, -0.25) is 14.5 Å². The number of fused-ring (bicyclic) bond motifs is 1. The smallest absolute Gasteiger partial charge is 0.224 e. The Morgan fingerprint density at radius 1 is 1.32 bits per heavy atom.